The van der Waals surface area contributed by atoms with Gasteiger partial charge in [-0.3, -0.25) is 9.59 Å². The number of rotatable bonds is 9. The number of carboxylic acids is 1. The van der Waals surface area contributed by atoms with Crippen molar-refractivity contribution in [1.29, 1.82) is 0 Å². The summed E-state index contributed by atoms with van der Waals surface area (Å²) in [6.07, 6.45) is 3.67. The number of amides is 2. The third kappa shape index (κ3) is 5.33. The van der Waals surface area contributed by atoms with Gasteiger partial charge in [0.2, 0.25) is 5.91 Å². The molecule has 3 fully saturated rings. The maximum absolute atomic E-state index is 13.9. The molecule has 0 heterocycles. The van der Waals surface area contributed by atoms with Crippen molar-refractivity contribution in [2.45, 2.75) is 62.9 Å². The van der Waals surface area contributed by atoms with Crippen LogP contribution >= 0.6 is 0 Å². The van der Waals surface area contributed by atoms with Crippen LogP contribution in [0, 0.1) is 5.41 Å². The van der Waals surface area contributed by atoms with Gasteiger partial charge in [0.05, 0.1) is 6.42 Å². The van der Waals surface area contributed by atoms with E-state index in [9.17, 15) is 19.5 Å². The summed E-state index contributed by atoms with van der Waals surface area (Å²) in [6.45, 7) is 0.863. The molecule has 7 nitrogen and oxygen atoms in total. The van der Waals surface area contributed by atoms with Crippen LogP contribution in [0.2, 0.25) is 0 Å². The molecule has 2 N–H and O–H groups in total. The minimum absolute atomic E-state index is 0.00929. The molecule has 2 amide bonds. The molecule has 0 radical (unpaired) electrons. The van der Waals surface area contributed by atoms with E-state index in [1.165, 1.54) is 22.3 Å². The Balaban J connectivity index is 1.08. The number of hydrogen-bond acceptors (Lipinski definition) is 4. The van der Waals surface area contributed by atoms with Crippen LogP contribution in [0.1, 0.15) is 67.6 Å². The molecule has 4 aliphatic rings. The van der Waals surface area contributed by atoms with Crippen molar-refractivity contribution >= 4 is 18.0 Å². The Morgan fingerprint density at radius 3 is 1.95 bits per heavy atom. The molecule has 41 heavy (non-hydrogen) atoms. The summed E-state index contributed by atoms with van der Waals surface area (Å²) in [7, 11) is 0. The number of carbonyl (C=O) groups excluding carboxylic acids is 2. The predicted octanol–water partition coefficient (Wildman–Crippen LogP) is 6.12. The molecular formula is C34H36N2O5. The second-order valence-electron chi connectivity index (χ2n) is 11.9. The van der Waals surface area contributed by atoms with Gasteiger partial charge in [0.25, 0.3) is 0 Å². The first-order valence-corrected chi connectivity index (χ1v) is 14.6. The van der Waals surface area contributed by atoms with E-state index in [2.05, 4.69) is 29.6 Å². The number of carboxylic acid groups (broad SMARTS) is 1. The maximum atomic E-state index is 13.9. The summed E-state index contributed by atoms with van der Waals surface area (Å²) in [5, 5.41) is 12.5. The molecule has 0 spiro atoms. The van der Waals surface area contributed by atoms with Crippen LogP contribution in [0.3, 0.4) is 0 Å². The lowest BCUT2D eigenvalue weighted by atomic mass is 9.56. The van der Waals surface area contributed by atoms with Crippen molar-refractivity contribution < 1.29 is 24.2 Å². The predicted molar refractivity (Wildman–Crippen MR) is 155 cm³/mol. The van der Waals surface area contributed by atoms with Gasteiger partial charge in [-0.2, -0.15) is 0 Å². The molecule has 0 aliphatic heterocycles. The lowest BCUT2D eigenvalue weighted by molar-refractivity contribution is -0.151. The summed E-state index contributed by atoms with van der Waals surface area (Å²) < 4.78 is 5.84. The normalized spacial score (nSPS) is 22.4. The number of carbonyl (C=O) groups is 3. The molecule has 212 valence electrons. The standard InChI is InChI=1S/C34H36N2O5/c37-30(38)14-21-36(22-24-8-2-1-3-9-24)31(39)33-15-18-34(19-16-33,20-17-33)35-32(40)41-23-29-27-12-6-4-10-25(27)26-11-5-7-13-28(26)29/h1-13,29H,14-23H2,(H,35,40)(H,37,38). The van der Waals surface area contributed by atoms with Gasteiger partial charge < -0.3 is 20.1 Å². The summed E-state index contributed by atoms with van der Waals surface area (Å²) in [6, 6.07) is 26.3. The average Bonchev–Trinajstić information content (AvgIpc) is 3.32. The molecule has 4 aliphatic carbocycles. The molecular weight excluding hydrogens is 516 g/mol. The second kappa shape index (κ2) is 11.0. The molecule has 0 saturated heterocycles. The van der Waals surface area contributed by atoms with Crippen molar-refractivity contribution in [1.82, 2.24) is 10.2 Å². The molecule has 7 heteroatoms. The van der Waals surface area contributed by atoms with Crippen molar-refractivity contribution in [2.75, 3.05) is 13.2 Å². The molecule has 7 rings (SSSR count). The SMILES string of the molecule is O=C(O)CCN(Cc1ccccc1)C(=O)C12CCC(NC(=O)OCC3c4ccccc4-c4ccccc43)(CC1)CC2. The summed E-state index contributed by atoms with van der Waals surface area (Å²) in [5.41, 5.74) is 4.87. The maximum Gasteiger partial charge on any atom is 0.407 e. The fourth-order valence-corrected chi connectivity index (χ4v) is 7.17. The zero-order valence-electron chi connectivity index (χ0n) is 23.2. The van der Waals surface area contributed by atoms with Gasteiger partial charge >= 0.3 is 12.1 Å². The number of nitrogens with one attached hydrogen (secondary N) is 1. The van der Waals surface area contributed by atoms with Crippen molar-refractivity contribution in [3.63, 3.8) is 0 Å². The molecule has 3 aromatic rings. The van der Waals surface area contributed by atoms with E-state index in [0.29, 0.717) is 45.1 Å². The summed E-state index contributed by atoms with van der Waals surface area (Å²) in [4.78, 5) is 40.0. The Morgan fingerprint density at radius 1 is 0.805 bits per heavy atom. The van der Waals surface area contributed by atoms with Gasteiger partial charge in [0.1, 0.15) is 6.61 Å². The highest BCUT2D eigenvalue weighted by Gasteiger charge is 2.54. The van der Waals surface area contributed by atoms with Crippen molar-refractivity contribution in [3.8, 4) is 11.1 Å². The monoisotopic (exact) mass is 552 g/mol. The first kappa shape index (κ1) is 27.1. The first-order valence-electron chi connectivity index (χ1n) is 14.6. The van der Waals surface area contributed by atoms with Crippen LogP contribution in [0.15, 0.2) is 78.9 Å². The lowest BCUT2D eigenvalue weighted by Crippen LogP contribution is -2.60. The second-order valence-corrected chi connectivity index (χ2v) is 11.9. The molecule has 0 atom stereocenters. The molecule has 3 aromatic carbocycles. The fraction of sp³-hybridized carbons (Fsp3) is 0.382. The molecule has 2 bridgehead atoms. The van der Waals surface area contributed by atoms with Crippen molar-refractivity contribution in [3.05, 3.63) is 95.6 Å². The number of benzene rings is 3. The molecule has 0 aromatic heterocycles. The third-order valence-corrected chi connectivity index (χ3v) is 9.51. The first-order chi connectivity index (χ1) is 19.9. The summed E-state index contributed by atoms with van der Waals surface area (Å²) >= 11 is 0. The van der Waals surface area contributed by atoms with E-state index in [-0.39, 0.29) is 36.9 Å². The smallest absolute Gasteiger partial charge is 0.407 e. The highest BCUT2D eigenvalue weighted by atomic mass is 16.5. The van der Waals surface area contributed by atoms with Gasteiger partial charge in [0, 0.05) is 30.0 Å². The van der Waals surface area contributed by atoms with E-state index >= 15 is 0 Å². The van der Waals surface area contributed by atoms with Gasteiger partial charge in [0.15, 0.2) is 0 Å². The fourth-order valence-electron chi connectivity index (χ4n) is 7.17. The Hall–Kier alpha value is -4.13. The summed E-state index contributed by atoms with van der Waals surface area (Å²) in [5.74, 6) is -0.862. The van der Waals surface area contributed by atoms with Gasteiger partial charge in [-0.25, -0.2) is 4.79 Å². The number of fused-ring (bicyclic) bond motifs is 6. The Morgan fingerprint density at radius 2 is 1.37 bits per heavy atom. The van der Waals surface area contributed by atoms with E-state index in [0.717, 1.165) is 5.56 Å². The van der Waals surface area contributed by atoms with Crippen molar-refractivity contribution in [2.24, 2.45) is 5.41 Å². The Kier molecular flexibility index (Phi) is 7.28. The topological polar surface area (TPSA) is 95.9 Å². The zero-order valence-corrected chi connectivity index (χ0v) is 23.2. The quantitative estimate of drug-likeness (QED) is 0.333. The highest BCUT2D eigenvalue weighted by Crippen LogP contribution is 2.53. The van der Waals surface area contributed by atoms with Gasteiger partial charge in [-0.1, -0.05) is 78.9 Å². The van der Waals surface area contributed by atoms with Crippen LogP contribution in [0.5, 0.6) is 0 Å². The average molecular weight is 553 g/mol. The van der Waals surface area contributed by atoms with E-state index in [1.54, 1.807) is 4.90 Å². The Labute approximate surface area is 240 Å². The van der Waals surface area contributed by atoms with Gasteiger partial charge in [-0.15, -0.1) is 0 Å². The highest BCUT2D eigenvalue weighted by molar-refractivity contribution is 5.84. The number of aliphatic carboxylic acids is 1. The van der Waals surface area contributed by atoms with Gasteiger partial charge in [-0.05, 0) is 66.3 Å². The number of alkyl carbamates (subject to hydrolysis) is 1. The van der Waals surface area contributed by atoms with Crippen LogP contribution in [-0.4, -0.2) is 46.7 Å². The van der Waals surface area contributed by atoms with Crippen LogP contribution in [0.25, 0.3) is 11.1 Å². The van der Waals surface area contributed by atoms with Crippen LogP contribution in [-0.2, 0) is 20.9 Å². The number of ether oxygens (including phenoxy) is 1. The molecule has 3 saturated carbocycles. The third-order valence-electron chi connectivity index (χ3n) is 9.51. The Bertz CT molecular complexity index is 1380. The number of nitrogens with zero attached hydrogens (tertiary/aromatic N) is 1. The minimum Gasteiger partial charge on any atom is -0.481 e. The van der Waals surface area contributed by atoms with Crippen LogP contribution in [0.4, 0.5) is 4.79 Å². The zero-order chi connectivity index (χ0) is 28.5. The largest absolute Gasteiger partial charge is 0.481 e. The van der Waals surface area contributed by atoms with Crippen LogP contribution < -0.4 is 5.32 Å². The minimum atomic E-state index is -0.910. The van der Waals surface area contributed by atoms with E-state index < -0.39 is 17.5 Å². The molecule has 0 unspecified atom stereocenters. The number of hydrogen-bond donors (Lipinski definition) is 2. The lowest BCUT2D eigenvalue weighted by Gasteiger charge is -2.53. The van der Waals surface area contributed by atoms with E-state index in [4.69, 9.17) is 4.74 Å². The van der Waals surface area contributed by atoms with E-state index in [1.807, 2.05) is 54.6 Å².